The topological polar surface area (TPSA) is 98.8 Å². The second kappa shape index (κ2) is 9.41. The van der Waals surface area contributed by atoms with Gasteiger partial charge in [-0.05, 0) is 43.3 Å². The molecule has 0 aromatic heterocycles. The zero-order valence-corrected chi connectivity index (χ0v) is 19.9. The maximum Gasteiger partial charge on any atom is 0.587 e. The number of hydrogen-bond acceptors (Lipinski definition) is 6. The fourth-order valence-electron chi connectivity index (χ4n) is 4.96. The van der Waals surface area contributed by atoms with Crippen LogP contribution in [0.1, 0.15) is 44.0 Å². The SMILES string of the molecule is CC[N+]12CC(=O)O[B-]1([C@H](CC(=O)CNC(=O)c1cc(Cl)ccc1Cl)CC(C)C)OC(=O)C2. The first-order valence-corrected chi connectivity index (χ1v) is 11.5. The molecule has 11 heteroatoms. The van der Waals surface area contributed by atoms with Gasteiger partial charge in [-0.2, -0.15) is 0 Å². The number of fused-ring (bicyclic) bond motifs is 1. The second-order valence-electron chi connectivity index (χ2n) is 9.00. The molecule has 2 aliphatic heterocycles. The van der Waals surface area contributed by atoms with Crippen LogP contribution in [0.25, 0.3) is 0 Å². The number of Topliss-reactive ketones (excluding diaryl/α,β-unsaturated/α-hetero) is 1. The number of nitrogens with one attached hydrogen (secondary N) is 1. The third kappa shape index (κ3) is 4.65. The summed E-state index contributed by atoms with van der Waals surface area (Å²) in [6, 6.07) is 4.50. The molecule has 0 radical (unpaired) electrons. The van der Waals surface area contributed by atoms with E-state index in [0.29, 0.717) is 18.0 Å². The van der Waals surface area contributed by atoms with Gasteiger partial charge in [0.25, 0.3) is 5.91 Å². The molecule has 2 fully saturated rings. The van der Waals surface area contributed by atoms with Crippen molar-refractivity contribution in [2.24, 2.45) is 5.92 Å². The lowest BCUT2D eigenvalue weighted by atomic mass is 9.51. The molecule has 1 amide bonds. The Bertz CT molecular complexity index is 934. The second-order valence-corrected chi connectivity index (χ2v) is 9.84. The van der Waals surface area contributed by atoms with Crippen molar-refractivity contribution in [3.8, 4) is 0 Å². The van der Waals surface area contributed by atoms with E-state index in [0.717, 1.165) is 0 Å². The number of hydrogen-bond donors (Lipinski definition) is 1. The summed E-state index contributed by atoms with van der Waals surface area (Å²) in [5.74, 6) is -1.95. The molecular formula is C21H27BCl2N2O6. The van der Waals surface area contributed by atoms with Crippen molar-refractivity contribution < 1.29 is 32.9 Å². The van der Waals surface area contributed by atoms with Crippen LogP contribution in [0.2, 0.25) is 15.9 Å². The summed E-state index contributed by atoms with van der Waals surface area (Å²) in [6.07, 6.45) is 0.530. The summed E-state index contributed by atoms with van der Waals surface area (Å²) in [4.78, 5) is 49.9. The van der Waals surface area contributed by atoms with Crippen molar-refractivity contribution in [1.29, 1.82) is 0 Å². The van der Waals surface area contributed by atoms with Gasteiger partial charge in [-0.15, -0.1) is 0 Å². The van der Waals surface area contributed by atoms with Crippen LogP contribution in [0.5, 0.6) is 0 Å². The monoisotopic (exact) mass is 484 g/mol. The van der Waals surface area contributed by atoms with E-state index in [1.54, 1.807) is 6.07 Å². The van der Waals surface area contributed by atoms with E-state index in [4.69, 9.17) is 32.5 Å². The summed E-state index contributed by atoms with van der Waals surface area (Å²) in [5.41, 5.74) is 0.171. The van der Waals surface area contributed by atoms with Crippen LogP contribution in [-0.2, 0) is 23.7 Å². The number of benzene rings is 1. The van der Waals surface area contributed by atoms with Gasteiger partial charge in [0.15, 0.2) is 0 Å². The zero-order chi connectivity index (χ0) is 23.7. The van der Waals surface area contributed by atoms with E-state index in [2.05, 4.69) is 5.32 Å². The van der Waals surface area contributed by atoms with E-state index < -0.39 is 30.3 Å². The van der Waals surface area contributed by atoms with Crippen LogP contribution in [-0.4, -0.2) is 60.9 Å². The lowest BCUT2D eigenvalue weighted by Crippen LogP contribution is -2.65. The van der Waals surface area contributed by atoms with Crippen molar-refractivity contribution in [3.05, 3.63) is 33.8 Å². The van der Waals surface area contributed by atoms with Gasteiger partial charge in [-0.3, -0.25) is 19.2 Å². The number of ketones is 1. The Morgan fingerprint density at radius 2 is 1.78 bits per heavy atom. The fraction of sp³-hybridized carbons (Fsp3) is 0.524. The third-order valence-electron chi connectivity index (χ3n) is 6.36. The van der Waals surface area contributed by atoms with E-state index >= 15 is 0 Å². The van der Waals surface area contributed by atoms with E-state index in [1.807, 2.05) is 20.8 Å². The number of quaternary nitrogens is 1. The first kappa shape index (κ1) is 24.5. The maximum atomic E-state index is 12.9. The molecular weight excluding hydrogens is 458 g/mol. The lowest BCUT2D eigenvalue weighted by molar-refractivity contribution is -0.814. The summed E-state index contributed by atoms with van der Waals surface area (Å²) in [7, 11) is 0. The third-order valence-corrected chi connectivity index (χ3v) is 6.93. The maximum absolute atomic E-state index is 12.9. The van der Waals surface area contributed by atoms with Crippen molar-refractivity contribution in [2.45, 2.75) is 39.4 Å². The van der Waals surface area contributed by atoms with Crippen LogP contribution in [0, 0.1) is 5.92 Å². The van der Waals surface area contributed by atoms with Gasteiger partial charge in [0.05, 0.1) is 17.1 Å². The number of likely N-dealkylation sites (N-methyl/N-ethyl adjacent to an activating group) is 1. The lowest BCUT2D eigenvalue weighted by Gasteiger charge is -2.47. The number of nitrogens with zero attached hydrogens (tertiary/aromatic N) is 1. The number of halogens is 2. The van der Waals surface area contributed by atoms with E-state index in [1.165, 1.54) is 12.1 Å². The Hall–Kier alpha value is -2.10. The summed E-state index contributed by atoms with van der Waals surface area (Å²) >= 11 is 12.0. The average molecular weight is 485 g/mol. The van der Waals surface area contributed by atoms with Gasteiger partial charge in [0, 0.05) is 11.6 Å². The minimum absolute atomic E-state index is 0.00228. The Kier molecular flexibility index (Phi) is 7.22. The standard InChI is InChI=1S/C21H27BCl2N2O6/c1-4-26-11-19(28)31-22(26,32-20(29)12-26)14(7-13(2)3)8-16(27)10-25-21(30)17-9-15(23)5-6-18(17)24/h5-6,9,13-14H,4,7-8,10-12H2,1-3H3,(H,25,30)/t14-,22?,26?/m0/s1. The highest BCUT2D eigenvalue weighted by molar-refractivity contribution is 6.67. The van der Waals surface area contributed by atoms with Gasteiger partial charge in [-0.1, -0.05) is 43.5 Å². The first-order valence-electron chi connectivity index (χ1n) is 10.7. The van der Waals surface area contributed by atoms with Gasteiger partial charge in [0.2, 0.25) is 0 Å². The highest BCUT2D eigenvalue weighted by Crippen LogP contribution is 2.47. The summed E-state index contributed by atoms with van der Waals surface area (Å²) in [5, 5.41) is 3.14. The molecule has 0 bridgehead atoms. The van der Waals surface area contributed by atoms with E-state index in [-0.39, 0.29) is 52.7 Å². The zero-order valence-electron chi connectivity index (χ0n) is 18.4. The highest BCUT2D eigenvalue weighted by Gasteiger charge is 2.69. The van der Waals surface area contributed by atoms with Crippen LogP contribution in [0.3, 0.4) is 0 Å². The molecule has 1 aromatic carbocycles. The number of carbonyl (C=O) groups excluding carboxylic acids is 4. The van der Waals surface area contributed by atoms with Crippen molar-refractivity contribution in [3.63, 3.8) is 0 Å². The van der Waals surface area contributed by atoms with Gasteiger partial charge in [0.1, 0.15) is 18.9 Å². The minimum Gasteiger partial charge on any atom is -0.600 e. The predicted octanol–water partition coefficient (Wildman–Crippen LogP) is 2.99. The predicted molar refractivity (Wildman–Crippen MR) is 120 cm³/mol. The molecule has 32 heavy (non-hydrogen) atoms. The molecule has 0 aliphatic carbocycles. The first-order chi connectivity index (χ1) is 15.0. The Balaban J connectivity index is 1.76. The number of amides is 1. The largest absolute Gasteiger partial charge is 0.600 e. The Morgan fingerprint density at radius 1 is 1.16 bits per heavy atom. The number of carbonyl (C=O) groups is 4. The molecule has 174 valence electrons. The molecule has 0 spiro atoms. The van der Waals surface area contributed by atoms with Crippen LogP contribution < -0.4 is 5.32 Å². The van der Waals surface area contributed by atoms with Crippen LogP contribution in [0.4, 0.5) is 0 Å². The molecule has 0 saturated carbocycles. The summed E-state index contributed by atoms with van der Waals surface area (Å²) < 4.78 is 11.5. The molecule has 3 rings (SSSR count). The van der Waals surface area contributed by atoms with Gasteiger partial charge >= 0.3 is 18.6 Å². The van der Waals surface area contributed by atoms with Crippen molar-refractivity contribution in [2.75, 3.05) is 26.2 Å². The van der Waals surface area contributed by atoms with Crippen molar-refractivity contribution in [1.82, 2.24) is 5.32 Å². The number of rotatable bonds is 9. The molecule has 1 atom stereocenters. The molecule has 0 unspecified atom stereocenters. The van der Waals surface area contributed by atoms with Crippen LogP contribution >= 0.6 is 23.2 Å². The van der Waals surface area contributed by atoms with E-state index in [9.17, 15) is 19.2 Å². The summed E-state index contributed by atoms with van der Waals surface area (Å²) in [6.45, 7) is 3.83. The molecule has 1 aromatic rings. The Morgan fingerprint density at radius 3 is 2.34 bits per heavy atom. The average Bonchev–Trinajstić information content (AvgIpc) is 3.14. The quantitative estimate of drug-likeness (QED) is 0.541. The molecule has 2 heterocycles. The van der Waals surface area contributed by atoms with Crippen molar-refractivity contribution >= 4 is 53.5 Å². The molecule has 1 N–H and O–H groups in total. The minimum atomic E-state index is -2.36. The Labute approximate surface area is 197 Å². The molecule has 2 aliphatic rings. The molecule has 2 saturated heterocycles. The van der Waals surface area contributed by atoms with Crippen LogP contribution in [0.15, 0.2) is 18.2 Å². The fourth-order valence-corrected chi connectivity index (χ4v) is 5.34. The smallest absolute Gasteiger partial charge is 0.587 e. The highest BCUT2D eigenvalue weighted by atomic mass is 35.5. The van der Waals surface area contributed by atoms with Gasteiger partial charge in [-0.25, -0.2) is 0 Å². The van der Waals surface area contributed by atoms with Gasteiger partial charge < -0.3 is 19.0 Å². The normalized spacial score (nSPS) is 25.3. The molecule has 8 nitrogen and oxygen atoms in total.